The van der Waals surface area contributed by atoms with Crippen LogP contribution in [0.25, 0.3) is 6.08 Å². The number of ether oxygens (including phenoxy) is 4. The van der Waals surface area contributed by atoms with Gasteiger partial charge in [-0.2, -0.15) is 0 Å². The summed E-state index contributed by atoms with van der Waals surface area (Å²) in [5.41, 5.74) is 0.286. The van der Waals surface area contributed by atoms with Crippen molar-refractivity contribution in [1.29, 1.82) is 0 Å². The lowest BCUT2D eigenvalue weighted by atomic mass is 10.1. The number of nitrogens with zero attached hydrogens (tertiary/aromatic N) is 1. The topological polar surface area (TPSA) is 103 Å². The fraction of sp³-hybridized carbons (Fsp3) is 0.208. The van der Waals surface area contributed by atoms with Gasteiger partial charge in [0.05, 0.1) is 31.5 Å². The highest BCUT2D eigenvalue weighted by Crippen LogP contribution is 2.39. The minimum Gasteiger partial charge on any atom is -0.495 e. The van der Waals surface area contributed by atoms with Gasteiger partial charge in [0.1, 0.15) is 23.7 Å². The maximum Gasteiger partial charge on any atom is 0.336 e. The van der Waals surface area contributed by atoms with Gasteiger partial charge in [-0.25, -0.2) is 9.69 Å². The molecule has 1 aliphatic heterocycles. The van der Waals surface area contributed by atoms with E-state index in [1.165, 1.54) is 32.4 Å². The summed E-state index contributed by atoms with van der Waals surface area (Å²) in [7, 11) is 2.75. The first-order valence-corrected chi connectivity index (χ1v) is 10.6. The largest absolute Gasteiger partial charge is 0.495 e. The highest BCUT2D eigenvalue weighted by atomic mass is 35.5. The summed E-state index contributed by atoms with van der Waals surface area (Å²) in [4.78, 5) is 39.3. The Labute approximate surface area is 201 Å². The molecule has 9 nitrogen and oxygen atoms in total. The quantitative estimate of drug-likeness (QED) is 0.325. The Balaban J connectivity index is 2.05. The minimum atomic E-state index is -0.932. The smallest absolute Gasteiger partial charge is 0.336 e. The van der Waals surface area contributed by atoms with E-state index < -0.39 is 17.8 Å². The van der Waals surface area contributed by atoms with Gasteiger partial charge in [0.25, 0.3) is 11.8 Å². The molecule has 1 N–H and O–H groups in total. The van der Waals surface area contributed by atoms with Crippen molar-refractivity contribution in [3.63, 3.8) is 0 Å². The van der Waals surface area contributed by atoms with Crippen LogP contribution >= 0.6 is 11.6 Å². The van der Waals surface area contributed by atoms with Crippen molar-refractivity contribution in [1.82, 2.24) is 5.32 Å². The number of hydrogen-bond donors (Lipinski definition) is 1. The van der Waals surface area contributed by atoms with Crippen LogP contribution in [-0.4, -0.2) is 45.3 Å². The number of halogens is 1. The minimum absolute atomic E-state index is 0.0628. The van der Waals surface area contributed by atoms with E-state index in [1.54, 1.807) is 24.3 Å². The zero-order valence-corrected chi connectivity index (χ0v) is 19.6. The number of carbonyl (C=O) groups is 3. The van der Waals surface area contributed by atoms with Gasteiger partial charge in [0.2, 0.25) is 0 Å². The maximum absolute atomic E-state index is 13.3. The van der Waals surface area contributed by atoms with E-state index in [2.05, 4.69) is 11.9 Å². The maximum atomic E-state index is 13.3. The number of urea groups is 1. The third-order valence-corrected chi connectivity index (χ3v) is 5.03. The number of barbiturate groups is 1. The standard InChI is InChI=1S/C24H23ClN2O7/c1-5-9-34-18-8-7-14(11-21(18)33-6-2)10-15-22(28)26-24(30)27(23(15)29)17-13-19(31-3)16(25)12-20(17)32-4/h5,7-8,10-13H,1,6,9H2,2-4H3,(H,26,28,30)/b15-10+. The van der Waals surface area contributed by atoms with Gasteiger partial charge in [0.15, 0.2) is 11.5 Å². The lowest BCUT2D eigenvalue weighted by Gasteiger charge is -2.28. The molecule has 178 valence electrons. The molecular weight excluding hydrogens is 464 g/mol. The molecule has 4 amide bonds. The number of anilines is 1. The van der Waals surface area contributed by atoms with Gasteiger partial charge >= 0.3 is 6.03 Å². The van der Waals surface area contributed by atoms with Crippen LogP contribution in [0.15, 0.2) is 48.6 Å². The van der Waals surface area contributed by atoms with Crippen LogP contribution in [-0.2, 0) is 9.59 Å². The fourth-order valence-electron chi connectivity index (χ4n) is 3.21. The van der Waals surface area contributed by atoms with E-state index in [-0.39, 0.29) is 34.4 Å². The lowest BCUT2D eigenvalue weighted by molar-refractivity contribution is -0.122. The second-order valence-corrected chi connectivity index (χ2v) is 7.26. The van der Waals surface area contributed by atoms with E-state index in [0.717, 1.165) is 4.90 Å². The van der Waals surface area contributed by atoms with Crippen molar-refractivity contribution in [2.45, 2.75) is 6.92 Å². The van der Waals surface area contributed by atoms with Crippen LogP contribution in [0, 0.1) is 0 Å². The van der Waals surface area contributed by atoms with E-state index in [1.807, 2.05) is 6.92 Å². The molecule has 3 rings (SSSR count). The number of amides is 4. The van der Waals surface area contributed by atoms with Gasteiger partial charge in [0, 0.05) is 12.1 Å². The molecule has 2 aromatic rings. The van der Waals surface area contributed by atoms with Crippen molar-refractivity contribution in [2.75, 3.05) is 32.3 Å². The monoisotopic (exact) mass is 486 g/mol. The number of nitrogens with one attached hydrogen (secondary N) is 1. The molecule has 1 aliphatic rings. The second kappa shape index (κ2) is 10.8. The zero-order valence-electron chi connectivity index (χ0n) is 18.8. The van der Waals surface area contributed by atoms with Gasteiger partial charge in [-0.15, -0.1) is 0 Å². The van der Waals surface area contributed by atoms with Crippen molar-refractivity contribution in [3.8, 4) is 23.0 Å². The van der Waals surface area contributed by atoms with Crippen LogP contribution < -0.4 is 29.2 Å². The molecule has 1 fully saturated rings. The highest BCUT2D eigenvalue weighted by molar-refractivity contribution is 6.39. The number of hydrogen-bond acceptors (Lipinski definition) is 7. The fourth-order valence-corrected chi connectivity index (χ4v) is 3.44. The molecule has 0 bridgehead atoms. The normalized spacial score (nSPS) is 14.6. The van der Waals surface area contributed by atoms with Gasteiger partial charge in [-0.3, -0.25) is 14.9 Å². The van der Waals surface area contributed by atoms with Crippen LogP contribution in [0.2, 0.25) is 5.02 Å². The van der Waals surface area contributed by atoms with E-state index in [0.29, 0.717) is 23.7 Å². The third kappa shape index (κ3) is 4.99. The van der Waals surface area contributed by atoms with Gasteiger partial charge < -0.3 is 18.9 Å². The average molecular weight is 487 g/mol. The zero-order chi connectivity index (χ0) is 24.8. The Morgan fingerprint density at radius 2 is 1.74 bits per heavy atom. The van der Waals surface area contributed by atoms with Crippen molar-refractivity contribution in [3.05, 3.63) is 59.1 Å². The number of carbonyl (C=O) groups excluding carboxylic acids is 3. The Morgan fingerprint density at radius 3 is 2.38 bits per heavy atom. The summed E-state index contributed by atoms with van der Waals surface area (Å²) in [5, 5.41) is 2.40. The SMILES string of the molecule is C=CCOc1ccc(/C=C2\C(=O)NC(=O)N(c3cc(OC)c(Cl)cc3OC)C2=O)cc1OCC. The molecule has 0 spiro atoms. The summed E-state index contributed by atoms with van der Waals surface area (Å²) in [6.45, 7) is 6.09. The number of methoxy groups -OCH3 is 2. The van der Waals surface area contributed by atoms with Gasteiger partial charge in [-0.05, 0) is 30.7 Å². The molecule has 0 unspecified atom stereocenters. The molecule has 0 atom stereocenters. The molecule has 1 saturated heterocycles. The first-order chi connectivity index (χ1) is 16.3. The first kappa shape index (κ1) is 24.7. The van der Waals surface area contributed by atoms with Crippen molar-refractivity contribution in [2.24, 2.45) is 0 Å². The second-order valence-electron chi connectivity index (χ2n) is 6.86. The van der Waals surface area contributed by atoms with Crippen molar-refractivity contribution < 1.29 is 33.3 Å². The van der Waals surface area contributed by atoms with Crippen LogP contribution in [0.5, 0.6) is 23.0 Å². The molecule has 1 heterocycles. The highest BCUT2D eigenvalue weighted by Gasteiger charge is 2.38. The number of imide groups is 2. The van der Waals surface area contributed by atoms with Crippen LogP contribution in [0.3, 0.4) is 0 Å². The number of rotatable bonds is 9. The first-order valence-electron chi connectivity index (χ1n) is 10.2. The molecule has 34 heavy (non-hydrogen) atoms. The Morgan fingerprint density at radius 1 is 1.00 bits per heavy atom. The third-order valence-electron chi connectivity index (χ3n) is 4.73. The Hall–Kier alpha value is -3.98. The van der Waals surface area contributed by atoms with E-state index >= 15 is 0 Å². The molecule has 0 aliphatic carbocycles. The molecule has 0 aromatic heterocycles. The summed E-state index contributed by atoms with van der Waals surface area (Å²) in [6, 6.07) is 6.79. The molecule has 10 heteroatoms. The molecule has 2 aromatic carbocycles. The van der Waals surface area contributed by atoms with Crippen LogP contribution in [0.1, 0.15) is 12.5 Å². The Bertz CT molecular complexity index is 1180. The van der Waals surface area contributed by atoms with Crippen LogP contribution in [0.4, 0.5) is 10.5 Å². The molecule has 0 saturated carbocycles. The lowest BCUT2D eigenvalue weighted by Crippen LogP contribution is -2.54. The molecule has 0 radical (unpaired) electrons. The van der Waals surface area contributed by atoms with E-state index in [4.69, 9.17) is 30.5 Å². The number of benzene rings is 2. The summed E-state index contributed by atoms with van der Waals surface area (Å²) in [5.74, 6) is -0.405. The van der Waals surface area contributed by atoms with E-state index in [9.17, 15) is 14.4 Å². The predicted octanol–water partition coefficient (Wildman–Crippen LogP) is 3.99. The summed E-state index contributed by atoms with van der Waals surface area (Å²) >= 11 is 6.13. The summed E-state index contributed by atoms with van der Waals surface area (Å²) in [6.07, 6.45) is 2.96. The Kier molecular flexibility index (Phi) is 7.80. The van der Waals surface area contributed by atoms with Crippen molar-refractivity contribution >= 4 is 41.2 Å². The molecular formula is C24H23ClN2O7. The van der Waals surface area contributed by atoms with Gasteiger partial charge in [-0.1, -0.05) is 30.3 Å². The predicted molar refractivity (Wildman–Crippen MR) is 127 cm³/mol. The average Bonchev–Trinajstić information content (AvgIpc) is 2.81. The summed E-state index contributed by atoms with van der Waals surface area (Å²) < 4.78 is 21.7.